The Morgan fingerprint density at radius 2 is 2.22 bits per heavy atom. The Kier molecular flexibility index (Phi) is 5.17. The van der Waals surface area contributed by atoms with Crippen LogP contribution in [0.1, 0.15) is 13.8 Å². The third-order valence-corrected chi connectivity index (χ3v) is 2.11. The molecule has 0 heterocycles. The summed E-state index contributed by atoms with van der Waals surface area (Å²) in [5.41, 5.74) is 0.993. The van der Waals surface area contributed by atoms with Crippen molar-refractivity contribution >= 4 is 11.7 Å². The van der Waals surface area contributed by atoms with Gasteiger partial charge in [0.1, 0.15) is 11.6 Å². The van der Waals surface area contributed by atoms with Crippen molar-refractivity contribution in [3.05, 3.63) is 35.8 Å². The summed E-state index contributed by atoms with van der Waals surface area (Å²) < 4.78 is 23.0. The van der Waals surface area contributed by atoms with Gasteiger partial charge >= 0.3 is 5.97 Å². The Bertz CT molecular complexity index is 458. The molecule has 98 valence electrons. The summed E-state index contributed by atoms with van der Waals surface area (Å²) >= 11 is 0. The largest absolute Gasteiger partial charge is 0.495 e. The van der Waals surface area contributed by atoms with Crippen molar-refractivity contribution in [1.29, 1.82) is 0 Å². The number of carbonyl (C=O) groups is 1. The van der Waals surface area contributed by atoms with Gasteiger partial charge in [-0.3, -0.25) is 0 Å². The molecule has 18 heavy (non-hydrogen) atoms. The summed E-state index contributed by atoms with van der Waals surface area (Å²) in [5, 5.41) is 2.89. The van der Waals surface area contributed by atoms with E-state index in [1.807, 2.05) is 0 Å². The summed E-state index contributed by atoms with van der Waals surface area (Å²) in [7, 11) is 1.49. The average Bonchev–Trinajstić information content (AvgIpc) is 2.29. The van der Waals surface area contributed by atoms with E-state index in [-0.39, 0.29) is 5.82 Å². The van der Waals surface area contributed by atoms with Gasteiger partial charge in [0.05, 0.1) is 19.4 Å². The number of esters is 1. The van der Waals surface area contributed by atoms with Gasteiger partial charge < -0.3 is 14.8 Å². The molecule has 0 saturated heterocycles. The van der Waals surface area contributed by atoms with Crippen LogP contribution in [0, 0.1) is 5.82 Å². The van der Waals surface area contributed by atoms with Crippen molar-refractivity contribution in [3.63, 3.8) is 0 Å². The molecule has 1 rings (SSSR count). The van der Waals surface area contributed by atoms with E-state index in [0.29, 0.717) is 23.7 Å². The Balaban J connectivity index is 2.83. The van der Waals surface area contributed by atoms with E-state index in [1.165, 1.54) is 31.4 Å². The van der Waals surface area contributed by atoms with Gasteiger partial charge in [-0.25, -0.2) is 9.18 Å². The van der Waals surface area contributed by atoms with Gasteiger partial charge in [0.25, 0.3) is 0 Å². The Hall–Kier alpha value is -2.04. The van der Waals surface area contributed by atoms with Gasteiger partial charge in [-0.05, 0) is 26.0 Å². The predicted octanol–water partition coefficient (Wildman–Crippen LogP) is 2.71. The van der Waals surface area contributed by atoms with Gasteiger partial charge in [0.15, 0.2) is 0 Å². The van der Waals surface area contributed by atoms with Gasteiger partial charge in [0, 0.05) is 17.8 Å². The van der Waals surface area contributed by atoms with Gasteiger partial charge in [-0.15, -0.1) is 0 Å². The van der Waals surface area contributed by atoms with Crippen molar-refractivity contribution in [2.24, 2.45) is 0 Å². The molecule has 0 spiro atoms. The maximum absolute atomic E-state index is 13.1. The molecule has 0 atom stereocenters. The topological polar surface area (TPSA) is 47.6 Å². The molecular weight excluding hydrogens is 237 g/mol. The highest BCUT2D eigenvalue weighted by atomic mass is 19.1. The van der Waals surface area contributed by atoms with Crippen molar-refractivity contribution < 1.29 is 18.7 Å². The number of allylic oxidation sites excluding steroid dienone is 1. The lowest BCUT2D eigenvalue weighted by atomic mass is 10.2. The summed E-state index contributed by atoms with van der Waals surface area (Å²) in [6.07, 6.45) is 1.30. The summed E-state index contributed by atoms with van der Waals surface area (Å²) in [5.74, 6) is -0.340. The molecule has 0 radical (unpaired) electrons. The van der Waals surface area contributed by atoms with Gasteiger partial charge in [-0.1, -0.05) is 0 Å². The highest BCUT2D eigenvalue weighted by molar-refractivity contribution is 5.83. The normalized spacial score (nSPS) is 11.0. The number of nitrogens with one attached hydrogen (secondary N) is 1. The number of methoxy groups -OCH3 is 1. The molecule has 0 amide bonds. The highest BCUT2D eigenvalue weighted by Gasteiger charge is 2.05. The van der Waals surface area contributed by atoms with Crippen molar-refractivity contribution in [1.82, 2.24) is 0 Å². The number of hydrogen-bond donors (Lipinski definition) is 1. The fraction of sp³-hybridized carbons (Fsp3) is 0.308. The minimum absolute atomic E-state index is 0.311. The molecular formula is C13H16FNO3. The first-order valence-corrected chi connectivity index (χ1v) is 5.52. The van der Waals surface area contributed by atoms with Crippen LogP contribution < -0.4 is 10.1 Å². The molecule has 0 aromatic heterocycles. The molecule has 1 N–H and O–H groups in total. The minimum atomic E-state index is -0.446. The molecule has 0 aliphatic rings. The second-order valence-electron chi connectivity index (χ2n) is 3.55. The number of ether oxygens (including phenoxy) is 2. The first kappa shape index (κ1) is 14.0. The standard InChI is InChI=1S/C13H16FNO3/c1-4-18-13(16)7-9(2)15-11-8-10(14)5-6-12(11)17-3/h5-8,15H,4H2,1-3H3/b9-7-. The van der Waals surface area contributed by atoms with E-state index in [9.17, 15) is 9.18 Å². The van der Waals surface area contributed by atoms with Crippen LogP contribution in [0.5, 0.6) is 5.75 Å². The van der Waals surface area contributed by atoms with Crippen LogP contribution in [0.3, 0.4) is 0 Å². The zero-order valence-electron chi connectivity index (χ0n) is 10.6. The number of benzene rings is 1. The van der Waals surface area contributed by atoms with E-state index in [1.54, 1.807) is 13.8 Å². The van der Waals surface area contributed by atoms with Crippen LogP contribution in [-0.4, -0.2) is 19.7 Å². The van der Waals surface area contributed by atoms with Crippen LogP contribution in [0.4, 0.5) is 10.1 Å². The van der Waals surface area contributed by atoms with Crippen LogP contribution in [0.2, 0.25) is 0 Å². The lowest BCUT2D eigenvalue weighted by molar-refractivity contribution is -0.137. The van der Waals surface area contributed by atoms with Gasteiger partial charge in [-0.2, -0.15) is 0 Å². The maximum Gasteiger partial charge on any atom is 0.332 e. The summed E-state index contributed by atoms with van der Waals surface area (Å²) in [6.45, 7) is 3.72. The molecule has 0 bridgehead atoms. The zero-order valence-corrected chi connectivity index (χ0v) is 10.6. The van der Waals surface area contributed by atoms with Crippen LogP contribution >= 0.6 is 0 Å². The van der Waals surface area contributed by atoms with E-state index >= 15 is 0 Å². The van der Waals surface area contributed by atoms with E-state index in [0.717, 1.165) is 0 Å². The molecule has 0 fully saturated rings. The molecule has 0 unspecified atom stereocenters. The monoisotopic (exact) mass is 253 g/mol. The Morgan fingerprint density at radius 3 is 2.83 bits per heavy atom. The smallest absolute Gasteiger partial charge is 0.332 e. The maximum atomic E-state index is 13.1. The lowest BCUT2D eigenvalue weighted by Gasteiger charge is -2.11. The molecule has 1 aromatic rings. The quantitative estimate of drug-likeness (QED) is 0.647. The fourth-order valence-electron chi connectivity index (χ4n) is 1.39. The van der Waals surface area contributed by atoms with E-state index in [2.05, 4.69) is 5.32 Å². The van der Waals surface area contributed by atoms with Crippen LogP contribution in [0.15, 0.2) is 30.0 Å². The van der Waals surface area contributed by atoms with Gasteiger partial charge in [0.2, 0.25) is 0 Å². The molecule has 4 nitrogen and oxygen atoms in total. The molecule has 1 aromatic carbocycles. The predicted molar refractivity (Wildman–Crippen MR) is 67.0 cm³/mol. The van der Waals surface area contributed by atoms with Crippen LogP contribution in [0.25, 0.3) is 0 Å². The van der Waals surface area contributed by atoms with Crippen molar-refractivity contribution in [2.45, 2.75) is 13.8 Å². The Morgan fingerprint density at radius 1 is 1.50 bits per heavy atom. The Labute approximate surface area is 105 Å². The number of rotatable bonds is 5. The molecule has 5 heteroatoms. The summed E-state index contributed by atoms with van der Waals surface area (Å²) in [4.78, 5) is 11.2. The third-order valence-electron chi connectivity index (χ3n) is 2.11. The molecule has 0 aliphatic heterocycles. The molecule has 0 saturated carbocycles. The second kappa shape index (κ2) is 6.64. The minimum Gasteiger partial charge on any atom is -0.495 e. The van der Waals surface area contributed by atoms with Crippen molar-refractivity contribution in [2.75, 3.05) is 19.0 Å². The van der Waals surface area contributed by atoms with Crippen molar-refractivity contribution in [3.8, 4) is 5.75 Å². The number of hydrogen-bond acceptors (Lipinski definition) is 4. The first-order chi connectivity index (χ1) is 8.56. The third kappa shape index (κ3) is 4.08. The highest BCUT2D eigenvalue weighted by Crippen LogP contribution is 2.26. The fourth-order valence-corrected chi connectivity index (χ4v) is 1.39. The summed E-state index contributed by atoms with van der Waals surface area (Å²) in [6, 6.07) is 4.10. The van der Waals surface area contributed by atoms with E-state index in [4.69, 9.17) is 9.47 Å². The molecule has 0 aliphatic carbocycles. The first-order valence-electron chi connectivity index (χ1n) is 5.52. The van der Waals surface area contributed by atoms with Crippen LogP contribution in [-0.2, 0) is 9.53 Å². The number of halogens is 1. The average molecular weight is 253 g/mol. The number of anilines is 1. The zero-order chi connectivity index (χ0) is 13.5. The van der Waals surface area contributed by atoms with E-state index < -0.39 is 5.97 Å². The SMILES string of the molecule is CCOC(=O)/C=C(/C)Nc1cc(F)ccc1OC. The lowest BCUT2D eigenvalue weighted by Crippen LogP contribution is -2.05. The number of carbonyl (C=O) groups excluding carboxylic acids is 1. The second-order valence-corrected chi connectivity index (χ2v) is 3.55.